The fourth-order valence-corrected chi connectivity index (χ4v) is 4.26. The van der Waals surface area contributed by atoms with Crippen LogP contribution in [0, 0.1) is 0 Å². The van der Waals surface area contributed by atoms with Gasteiger partial charge in [-0.25, -0.2) is 18.2 Å². The van der Waals surface area contributed by atoms with Gasteiger partial charge in [0.05, 0.1) is 0 Å². The van der Waals surface area contributed by atoms with Gasteiger partial charge in [-0.3, -0.25) is 0 Å². The summed E-state index contributed by atoms with van der Waals surface area (Å²) >= 11 is 0. The Morgan fingerprint density at radius 1 is 1.38 bits per heavy atom. The molecule has 0 atom stereocenters. The summed E-state index contributed by atoms with van der Waals surface area (Å²) in [7, 11) is -3.62. The van der Waals surface area contributed by atoms with Crippen LogP contribution in [0.5, 0.6) is 0 Å². The molecule has 2 amide bonds. The van der Waals surface area contributed by atoms with Gasteiger partial charge in [0, 0.05) is 50.5 Å². The van der Waals surface area contributed by atoms with Crippen molar-refractivity contribution in [1.29, 1.82) is 0 Å². The molecule has 24 heavy (non-hydrogen) atoms. The van der Waals surface area contributed by atoms with Gasteiger partial charge in [0.1, 0.15) is 10.5 Å². The van der Waals surface area contributed by atoms with E-state index in [-0.39, 0.29) is 24.0 Å². The summed E-state index contributed by atoms with van der Waals surface area (Å²) in [5, 5.41) is 3.27. The SMILES string of the molecule is C=CCNC(=O)N1CCN(S(=O)(=O)c2c[nH]c3ncccc23)CC1. The van der Waals surface area contributed by atoms with Crippen LogP contribution in [-0.4, -0.2) is 66.3 Å². The summed E-state index contributed by atoms with van der Waals surface area (Å²) in [6, 6.07) is 3.23. The van der Waals surface area contributed by atoms with Crippen molar-refractivity contribution in [3.05, 3.63) is 37.2 Å². The van der Waals surface area contributed by atoms with Crippen molar-refractivity contribution in [3.63, 3.8) is 0 Å². The number of carbonyl (C=O) groups excluding carboxylic acids is 1. The first-order chi connectivity index (χ1) is 11.5. The number of H-pyrrole nitrogens is 1. The molecule has 2 aromatic rings. The molecule has 1 saturated heterocycles. The number of fused-ring (bicyclic) bond motifs is 1. The van der Waals surface area contributed by atoms with Gasteiger partial charge in [-0.05, 0) is 12.1 Å². The highest BCUT2D eigenvalue weighted by Crippen LogP contribution is 2.25. The Balaban J connectivity index is 1.73. The lowest BCUT2D eigenvalue weighted by Gasteiger charge is -2.33. The van der Waals surface area contributed by atoms with Crippen LogP contribution in [-0.2, 0) is 10.0 Å². The van der Waals surface area contributed by atoms with E-state index < -0.39 is 10.0 Å². The van der Waals surface area contributed by atoms with E-state index in [1.54, 1.807) is 29.3 Å². The first kappa shape index (κ1) is 16.5. The van der Waals surface area contributed by atoms with Gasteiger partial charge in [0.2, 0.25) is 10.0 Å². The maximum atomic E-state index is 12.9. The standard InChI is InChI=1S/C15H19N5O3S/c1-2-5-17-15(21)19-7-9-20(10-8-19)24(22,23)13-11-18-14-12(13)4-3-6-16-14/h2-4,6,11H,1,5,7-10H2,(H,16,18)(H,17,21). The molecule has 3 rings (SSSR count). The zero-order chi connectivity index (χ0) is 17.2. The molecule has 9 heteroatoms. The smallest absolute Gasteiger partial charge is 0.317 e. The Bertz CT molecular complexity index is 853. The molecule has 0 bridgehead atoms. The van der Waals surface area contributed by atoms with Gasteiger partial charge in [0.25, 0.3) is 0 Å². The lowest BCUT2D eigenvalue weighted by atomic mass is 10.3. The van der Waals surface area contributed by atoms with E-state index >= 15 is 0 Å². The molecular weight excluding hydrogens is 330 g/mol. The molecule has 0 aliphatic carbocycles. The van der Waals surface area contributed by atoms with Gasteiger partial charge in [-0.1, -0.05) is 6.08 Å². The van der Waals surface area contributed by atoms with Gasteiger partial charge >= 0.3 is 6.03 Å². The number of nitrogens with one attached hydrogen (secondary N) is 2. The summed E-state index contributed by atoms with van der Waals surface area (Å²) in [5.74, 6) is 0. The molecule has 1 aliphatic rings. The van der Waals surface area contributed by atoms with Crippen LogP contribution in [0.4, 0.5) is 4.79 Å². The van der Waals surface area contributed by atoms with E-state index in [1.807, 2.05) is 0 Å². The minimum absolute atomic E-state index is 0.205. The maximum Gasteiger partial charge on any atom is 0.317 e. The monoisotopic (exact) mass is 349 g/mol. The minimum atomic E-state index is -3.62. The van der Waals surface area contributed by atoms with Crippen LogP contribution in [0.3, 0.4) is 0 Å². The molecule has 0 radical (unpaired) electrons. The second-order valence-electron chi connectivity index (χ2n) is 5.42. The number of hydrogen-bond acceptors (Lipinski definition) is 4. The highest BCUT2D eigenvalue weighted by atomic mass is 32.2. The molecule has 0 spiro atoms. The van der Waals surface area contributed by atoms with Crippen molar-refractivity contribution >= 4 is 27.1 Å². The number of amides is 2. The van der Waals surface area contributed by atoms with E-state index in [0.717, 1.165) is 0 Å². The molecule has 128 valence electrons. The Kier molecular flexibility index (Phi) is 4.54. The summed E-state index contributed by atoms with van der Waals surface area (Å²) in [5.41, 5.74) is 0.540. The quantitative estimate of drug-likeness (QED) is 0.796. The number of sulfonamides is 1. The van der Waals surface area contributed by atoms with Crippen LogP contribution in [0.2, 0.25) is 0 Å². The van der Waals surface area contributed by atoms with E-state index in [1.165, 1.54) is 10.5 Å². The third-order valence-electron chi connectivity index (χ3n) is 3.95. The van der Waals surface area contributed by atoms with Crippen molar-refractivity contribution < 1.29 is 13.2 Å². The van der Waals surface area contributed by atoms with Crippen LogP contribution < -0.4 is 5.32 Å². The Morgan fingerprint density at radius 3 is 2.83 bits per heavy atom. The number of rotatable bonds is 4. The maximum absolute atomic E-state index is 12.9. The van der Waals surface area contributed by atoms with E-state index in [2.05, 4.69) is 21.9 Å². The highest BCUT2D eigenvalue weighted by Gasteiger charge is 2.31. The first-order valence-corrected chi connectivity index (χ1v) is 9.04. The molecular formula is C15H19N5O3S. The predicted octanol–water partition coefficient (Wildman–Crippen LogP) is 0.765. The third kappa shape index (κ3) is 3.00. The van der Waals surface area contributed by atoms with Gasteiger partial charge < -0.3 is 15.2 Å². The molecule has 0 aromatic carbocycles. The molecule has 3 heterocycles. The average molecular weight is 349 g/mol. The molecule has 0 saturated carbocycles. The third-order valence-corrected chi connectivity index (χ3v) is 5.89. The van der Waals surface area contributed by atoms with E-state index in [4.69, 9.17) is 0 Å². The Labute approximate surface area is 140 Å². The summed E-state index contributed by atoms with van der Waals surface area (Å²) in [6.45, 7) is 5.16. The zero-order valence-corrected chi connectivity index (χ0v) is 13.9. The van der Waals surface area contributed by atoms with Crippen molar-refractivity contribution in [1.82, 2.24) is 24.5 Å². The Hall–Kier alpha value is -2.39. The predicted molar refractivity (Wildman–Crippen MR) is 90.0 cm³/mol. The zero-order valence-electron chi connectivity index (χ0n) is 13.1. The number of aromatic nitrogens is 2. The molecule has 8 nitrogen and oxygen atoms in total. The molecule has 2 N–H and O–H groups in total. The van der Waals surface area contributed by atoms with Crippen molar-refractivity contribution in [2.24, 2.45) is 0 Å². The van der Waals surface area contributed by atoms with Crippen LogP contribution in [0.1, 0.15) is 0 Å². The normalized spacial score (nSPS) is 16.2. The number of hydrogen-bond donors (Lipinski definition) is 2. The lowest BCUT2D eigenvalue weighted by molar-refractivity contribution is 0.173. The van der Waals surface area contributed by atoms with Crippen molar-refractivity contribution in [2.45, 2.75) is 4.90 Å². The average Bonchev–Trinajstić information content (AvgIpc) is 3.04. The minimum Gasteiger partial charge on any atom is -0.345 e. The van der Waals surface area contributed by atoms with Gasteiger partial charge in [-0.2, -0.15) is 4.31 Å². The second-order valence-corrected chi connectivity index (χ2v) is 7.32. The highest BCUT2D eigenvalue weighted by molar-refractivity contribution is 7.89. The Morgan fingerprint density at radius 2 is 2.12 bits per heavy atom. The largest absolute Gasteiger partial charge is 0.345 e. The van der Waals surface area contributed by atoms with Gasteiger partial charge in [-0.15, -0.1) is 6.58 Å². The number of carbonyl (C=O) groups is 1. The summed E-state index contributed by atoms with van der Waals surface area (Å²) in [6.07, 6.45) is 4.68. The number of pyridine rings is 1. The fourth-order valence-electron chi connectivity index (χ4n) is 2.69. The van der Waals surface area contributed by atoms with Crippen LogP contribution in [0.15, 0.2) is 42.1 Å². The summed E-state index contributed by atoms with van der Waals surface area (Å²) < 4.78 is 27.1. The summed E-state index contributed by atoms with van der Waals surface area (Å²) in [4.78, 5) is 20.7. The first-order valence-electron chi connectivity index (χ1n) is 7.60. The van der Waals surface area contributed by atoms with Crippen molar-refractivity contribution in [2.75, 3.05) is 32.7 Å². The van der Waals surface area contributed by atoms with Gasteiger partial charge in [0.15, 0.2) is 0 Å². The fraction of sp³-hybridized carbons (Fsp3) is 0.333. The number of nitrogens with zero attached hydrogens (tertiary/aromatic N) is 3. The number of piperazine rings is 1. The van der Waals surface area contributed by atoms with E-state index in [0.29, 0.717) is 30.7 Å². The second kappa shape index (κ2) is 6.62. The lowest BCUT2D eigenvalue weighted by Crippen LogP contribution is -2.53. The van der Waals surface area contributed by atoms with E-state index in [9.17, 15) is 13.2 Å². The van der Waals surface area contributed by atoms with Crippen LogP contribution >= 0.6 is 0 Å². The molecule has 1 fully saturated rings. The number of aromatic amines is 1. The van der Waals surface area contributed by atoms with Crippen LogP contribution in [0.25, 0.3) is 11.0 Å². The molecule has 0 unspecified atom stereocenters. The molecule has 1 aliphatic heterocycles. The molecule has 2 aromatic heterocycles. The number of urea groups is 1. The van der Waals surface area contributed by atoms with Crippen molar-refractivity contribution in [3.8, 4) is 0 Å². The topological polar surface area (TPSA) is 98.4 Å².